The molecule has 1 amide bonds. The Balaban J connectivity index is 1.89. The van der Waals surface area contributed by atoms with E-state index in [0.29, 0.717) is 30.6 Å². The molecule has 1 atom stereocenters. The molecule has 1 aromatic heterocycles. The van der Waals surface area contributed by atoms with Crippen LogP contribution in [0.3, 0.4) is 0 Å². The fourth-order valence-electron chi connectivity index (χ4n) is 3.17. The summed E-state index contributed by atoms with van der Waals surface area (Å²) in [6.07, 6.45) is 1.18. The Morgan fingerprint density at radius 2 is 2.00 bits per heavy atom. The molecule has 150 valence electrons. The average molecular weight is 392 g/mol. The van der Waals surface area contributed by atoms with Crippen LogP contribution in [0.15, 0.2) is 29.1 Å². The summed E-state index contributed by atoms with van der Waals surface area (Å²) in [6.45, 7) is 3.36. The molecule has 2 aromatic rings. The summed E-state index contributed by atoms with van der Waals surface area (Å²) in [5, 5.41) is 3.11. The minimum absolute atomic E-state index is 0.0658. The second-order valence-corrected chi connectivity index (χ2v) is 6.85. The topological polar surface area (TPSA) is 76.5 Å². The normalized spacial score (nSPS) is 15.0. The molecule has 3 rings (SSSR count). The number of alkyl halides is 2. The number of hydrogen-bond donors (Lipinski definition) is 1. The number of nitrogens with zero attached hydrogens (tertiary/aromatic N) is 3. The Hall–Kier alpha value is -2.97. The largest absolute Gasteiger partial charge is 0.411 e. The van der Waals surface area contributed by atoms with Gasteiger partial charge in [0.15, 0.2) is 0 Å². The lowest BCUT2D eigenvalue weighted by atomic mass is 10.0. The van der Waals surface area contributed by atoms with Crippen molar-refractivity contribution in [1.29, 1.82) is 0 Å². The van der Waals surface area contributed by atoms with Gasteiger partial charge in [-0.1, -0.05) is 24.3 Å². The second kappa shape index (κ2) is 7.57. The molecule has 1 aliphatic rings. The highest BCUT2D eigenvalue weighted by Crippen LogP contribution is 2.28. The summed E-state index contributed by atoms with van der Waals surface area (Å²) >= 11 is 0. The molecule has 1 N–H and O–H groups in total. The van der Waals surface area contributed by atoms with Crippen LogP contribution >= 0.6 is 0 Å². The van der Waals surface area contributed by atoms with Gasteiger partial charge in [-0.15, -0.1) is 4.73 Å². The Labute approximate surface area is 160 Å². The van der Waals surface area contributed by atoms with Crippen molar-refractivity contribution in [3.05, 3.63) is 57.0 Å². The molecule has 2 heterocycles. The zero-order valence-electron chi connectivity index (χ0n) is 15.9. The van der Waals surface area contributed by atoms with Crippen molar-refractivity contribution in [2.75, 3.05) is 19.0 Å². The monoisotopic (exact) mass is 392 g/mol. The number of nitrogens with one attached hydrogen (secondary N) is 1. The molecule has 0 aliphatic carbocycles. The number of amides is 1. The van der Waals surface area contributed by atoms with Gasteiger partial charge in [0.1, 0.15) is 7.11 Å². The molecule has 1 aliphatic heterocycles. The van der Waals surface area contributed by atoms with Crippen molar-refractivity contribution >= 4 is 12.4 Å². The SMILES string of the molecule is COn1c(NC(C)c2ccc(C(C)(F)F)cc2)nc2c(c1=O)CN(C=O)CC2. The van der Waals surface area contributed by atoms with Crippen molar-refractivity contribution < 1.29 is 18.4 Å². The molecule has 1 unspecified atom stereocenters. The smallest absolute Gasteiger partial charge is 0.293 e. The summed E-state index contributed by atoms with van der Waals surface area (Å²) in [7, 11) is 1.35. The number of benzene rings is 1. The molecule has 7 nitrogen and oxygen atoms in total. The quantitative estimate of drug-likeness (QED) is 0.762. The summed E-state index contributed by atoms with van der Waals surface area (Å²) < 4.78 is 27.8. The highest BCUT2D eigenvalue weighted by atomic mass is 19.3. The lowest BCUT2D eigenvalue weighted by Crippen LogP contribution is -2.39. The second-order valence-electron chi connectivity index (χ2n) is 6.85. The van der Waals surface area contributed by atoms with Gasteiger partial charge in [-0.05, 0) is 12.5 Å². The number of anilines is 1. The van der Waals surface area contributed by atoms with Crippen LogP contribution in [-0.2, 0) is 23.7 Å². The Morgan fingerprint density at radius 1 is 1.32 bits per heavy atom. The van der Waals surface area contributed by atoms with Gasteiger partial charge in [-0.3, -0.25) is 9.59 Å². The molecule has 0 fully saturated rings. The molecular formula is C19H22F2N4O3. The molecule has 0 saturated heterocycles. The highest BCUT2D eigenvalue weighted by molar-refractivity contribution is 5.49. The van der Waals surface area contributed by atoms with Gasteiger partial charge in [0, 0.05) is 25.5 Å². The van der Waals surface area contributed by atoms with Crippen LogP contribution in [0.5, 0.6) is 0 Å². The third-order valence-corrected chi connectivity index (χ3v) is 4.82. The molecule has 9 heteroatoms. The van der Waals surface area contributed by atoms with E-state index in [1.165, 1.54) is 24.1 Å². The molecule has 0 radical (unpaired) electrons. The summed E-state index contributed by atoms with van der Waals surface area (Å²) in [4.78, 5) is 34.9. The summed E-state index contributed by atoms with van der Waals surface area (Å²) in [5.74, 6) is -2.68. The van der Waals surface area contributed by atoms with Crippen molar-refractivity contribution in [3.63, 3.8) is 0 Å². The molecule has 0 bridgehead atoms. The van der Waals surface area contributed by atoms with E-state index >= 15 is 0 Å². The number of rotatable bonds is 6. The van der Waals surface area contributed by atoms with Crippen molar-refractivity contribution in [2.24, 2.45) is 0 Å². The number of halogens is 2. The number of aromatic nitrogens is 2. The first kappa shape index (κ1) is 19.8. The van der Waals surface area contributed by atoms with Crippen LogP contribution in [0.2, 0.25) is 0 Å². The van der Waals surface area contributed by atoms with Crippen LogP contribution in [0.1, 0.15) is 42.3 Å². The van der Waals surface area contributed by atoms with Gasteiger partial charge in [0.05, 0.1) is 23.8 Å². The number of hydrogen-bond acceptors (Lipinski definition) is 5. The zero-order chi connectivity index (χ0) is 20.5. The molecule has 0 spiro atoms. The maximum atomic E-state index is 13.4. The third kappa shape index (κ3) is 3.83. The third-order valence-electron chi connectivity index (χ3n) is 4.82. The summed E-state index contributed by atoms with van der Waals surface area (Å²) in [5.41, 5.74) is 1.35. The van der Waals surface area contributed by atoms with Crippen LogP contribution in [-0.4, -0.2) is 34.7 Å². The van der Waals surface area contributed by atoms with Crippen LogP contribution < -0.4 is 15.7 Å². The number of carbonyl (C=O) groups is 1. The van der Waals surface area contributed by atoms with E-state index in [2.05, 4.69) is 10.3 Å². The zero-order valence-corrected chi connectivity index (χ0v) is 15.9. The number of carbonyl (C=O) groups excluding carboxylic acids is 1. The van der Waals surface area contributed by atoms with E-state index in [4.69, 9.17) is 4.84 Å². The van der Waals surface area contributed by atoms with E-state index in [-0.39, 0.29) is 29.7 Å². The predicted molar refractivity (Wildman–Crippen MR) is 99.2 cm³/mol. The maximum absolute atomic E-state index is 13.4. The van der Waals surface area contributed by atoms with Gasteiger partial charge in [-0.2, -0.15) is 0 Å². The first-order chi connectivity index (χ1) is 13.2. The van der Waals surface area contributed by atoms with Gasteiger partial charge in [-0.25, -0.2) is 13.8 Å². The Kier molecular flexibility index (Phi) is 5.35. The van der Waals surface area contributed by atoms with E-state index in [1.807, 2.05) is 6.92 Å². The minimum atomic E-state index is -2.90. The average Bonchev–Trinajstić information content (AvgIpc) is 2.67. The van der Waals surface area contributed by atoms with Crippen molar-refractivity contribution in [3.8, 4) is 0 Å². The van der Waals surface area contributed by atoms with E-state index in [0.717, 1.165) is 17.2 Å². The van der Waals surface area contributed by atoms with Crippen molar-refractivity contribution in [2.45, 2.75) is 38.8 Å². The van der Waals surface area contributed by atoms with E-state index < -0.39 is 5.92 Å². The predicted octanol–water partition coefficient (Wildman–Crippen LogP) is 2.10. The lowest BCUT2D eigenvalue weighted by Gasteiger charge is -2.26. The Morgan fingerprint density at radius 3 is 2.57 bits per heavy atom. The minimum Gasteiger partial charge on any atom is -0.411 e. The Bertz CT molecular complexity index is 923. The molecule has 0 saturated carbocycles. The lowest BCUT2D eigenvalue weighted by molar-refractivity contribution is -0.119. The van der Waals surface area contributed by atoms with Crippen molar-refractivity contribution in [1.82, 2.24) is 14.6 Å². The van der Waals surface area contributed by atoms with Gasteiger partial charge < -0.3 is 15.1 Å². The standard InChI is InChI=1S/C19H22F2N4O3/c1-12(13-4-6-14(7-5-13)19(2,20)21)22-18-23-16-8-9-24(11-26)10-15(16)17(27)25(18)28-3/h4-7,11-12H,8-10H2,1-3H3,(H,22,23). The highest BCUT2D eigenvalue weighted by Gasteiger charge is 2.25. The maximum Gasteiger partial charge on any atom is 0.293 e. The van der Waals surface area contributed by atoms with Crippen LogP contribution in [0, 0.1) is 0 Å². The fraction of sp³-hybridized carbons (Fsp3) is 0.421. The number of fused-ring (bicyclic) bond motifs is 1. The van der Waals surface area contributed by atoms with Gasteiger partial charge >= 0.3 is 0 Å². The fourth-order valence-corrected chi connectivity index (χ4v) is 3.17. The molecule has 1 aromatic carbocycles. The van der Waals surface area contributed by atoms with Crippen LogP contribution in [0.25, 0.3) is 0 Å². The van der Waals surface area contributed by atoms with E-state index in [9.17, 15) is 18.4 Å². The van der Waals surface area contributed by atoms with E-state index in [1.54, 1.807) is 12.1 Å². The first-order valence-electron chi connectivity index (χ1n) is 8.88. The van der Waals surface area contributed by atoms with Gasteiger partial charge in [0.25, 0.3) is 11.5 Å². The summed E-state index contributed by atoms with van der Waals surface area (Å²) in [6, 6.07) is 5.68. The first-order valence-corrected chi connectivity index (χ1v) is 8.88. The van der Waals surface area contributed by atoms with Gasteiger partial charge in [0.2, 0.25) is 12.4 Å². The molecule has 28 heavy (non-hydrogen) atoms. The molecular weight excluding hydrogens is 370 g/mol. The van der Waals surface area contributed by atoms with Crippen LogP contribution in [0.4, 0.5) is 14.7 Å².